The zero-order valence-corrected chi connectivity index (χ0v) is 11.3. The van der Waals surface area contributed by atoms with Crippen molar-refractivity contribution in [2.75, 3.05) is 5.32 Å². The quantitative estimate of drug-likeness (QED) is 0.735. The Morgan fingerprint density at radius 2 is 1.53 bits per heavy atom. The van der Waals surface area contributed by atoms with E-state index in [1.54, 1.807) is 12.1 Å². The van der Waals surface area contributed by atoms with Crippen molar-refractivity contribution in [1.82, 2.24) is 0 Å². The van der Waals surface area contributed by atoms with Crippen LogP contribution in [-0.2, 0) is 17.3 Å². The summed E-state index contributed by atoms with van der Waals surface area (Å²) < 4.78 is 10.9. The van der Waals surface area contributed by atoms with Crippen LogP contribution in [0.4, 0.5) is 5.69 Å². The summed E-state index contributed by atoms with van der Waals surface area (Å²) >= 11 is 0. The van der Waals surface area contributed by atoms with Crippen molar-refractivity contribution >= 4 is 13.3 Å². The molecule has 0 amide bonds. The predicted molar refractivity (Wildman–Crippen MR) is 76.0 cm³/mol. The molecule has 0 spiro atoms. The van der Waals surface area contributed by atoms with Gasteiger partial charge in [-0.2, -0.15) is 0 Å². The van der Waals surface area contributed by atoms with Crippen molar-refractivity contribution in [3.8, 4) is 0 Å². The van der Waals surface area contributed by atoms with Crippen molar-refractivity contribution < 1.29 is 14.4 Å². The van der Waals surface area contributed by atoms with Gasteiger partial charge in [-0.25, -0.2) is 0 Å². The largest absolute Gasteiger partial charge is 0.381 e. The average Bonchev–Trinajstić information content (AvgIpc) is 2.37. The van der Waals surface area contributed by atoms with Crippen LogP contribution in [0.1, 0.15) is 11.1 Å². The Morgan fingerprint density at radius 1 is 0.895 bits per heavy atom. The lowest BCUT2D eigenvalue weighted by atomic mass is 10.2. The van der Waals surface area contributed by atoms with E-state index in [4.69, 9.17) is 9.79 Å². The molecule has 0 saturated heterocycles. The van der Waals surface area contributed by atoms with Gasteiger partial charge in [0.2, 0.25) is 0 Å². The van der Waals surface area contributed by atoms with Crippen LogP contribution in [0.2, 0.25) is 0 Å². The van der Waals surface area contributed by atoms with Crippen LogP contribution < -0.4 is 5.32 Å². The minimum Gasteiger partial charge on any atom is -0.381 e. The van der Waals surface area contributed by atoms with E-state index in [0.717, 1.165) is 12.2 Å². The Balaban J connectivity index is 1.94. The first kappa shape index (κ1) is 13.8. The molecule has 19 heavy (non-hydrogen) atoms. The molecule has 0 unspecified atom stereocenters. The van der Waals surface area contributed by atoms with Crippen molar-refractivity contribution in [2.24, 2.45) is 0 Å². The van der Waals surface area contributed by atoms with E-state index in [1.165, 1.54) is 5.56 Å². The first-order valence-electron chi connectivity index (χ1n) is 5.94. The predicted octanol–water partition coefficient (Wildman–Crippen LogP) is 2.98. The fourth-order valence-corrected chi connectivity index (χ4v) is 2.45. The molecule has 0 aromatic heterocycles. The highest BCUT2D eigenvalue weighted by Crippen LogP contribution is 2.39. The SMILES string of the molecule is O=P(O)(O)Cc1ccc(NCc2ccccc2)cc1. The molecule has 0 aliphatic heterocycles. The monoisotopic (exact) mass is 277 g/mol. The molecule has 0 aliphatic rings. The standard InChI is InChI=1S/C14H16NO3P/c16-19(17,18)11-13-6-8-14(9-7-13)15-10-12-4-2-1-3-5-12/h1-9,15H,10-11H2,(H2,16,17,18). The third kappa shape index (κ3) is 4.87. The fraction of sp³-hybridized carbons (Fsp3) is 0.143. The maximum Gasteiger partial charge on any atom is 0.329 e. The van der Waals surface area contributed by atoms with Gasteiger partial charge in [0.15, 0.2) is 0 Å². The van der Waals surface area contributed by atoms with Crippen LogP contribution in [0.15, 0.2) is 54.6 Å². The van der Waals surface area contributed by atoms with Gasteiger partial charge in [0.25, 0.3) is 0 Å². The highest BCUT2D eigenvalue weighted by atomic mass is 31.2. The molecule has 0 radical (unpaired) electrons. The molecule has 2 aromatic carbocycles. The molecule has 2 rings (SSSR count). The average molecular weight is 277 g/mol. The molecule has 0 fully saturated rings. The smallest absolute Gasteiger partial charge is 0.329 e. The zero-order chi connectivity index (χ0) is 13.7. The lowest BCUT2D eigenvalue weighted by Gasteiger charge is -2.08. The molecular formula is C14H16NO3P. The summed E-state index contributed by atoms with van der Waals surface area (Å²) in [5, 5.41) is 3.26. The first-order chi connectivity index (χ1) is 9.03. The summed E-state index contributed by atoms with van der Waals surface area (Å²) in [6, 6.07) is 17.1. The van der Waals surface area contributed by atoms with Crippen LogP contribution in [0, 0.1) is 0 Å². The lowest BCUT2D eigenvalue weighted by Crippen LogP contribution is -1.99. The Bertz CT molecular complexity index is 563. The first-order valence-corrected chi connectivity index (χ1v) is 7.74. The van der Waals surface area contributed by atoms with Crippen molar-refractivity contribution in [1.29, 1.82) is 0 Å². The van der Waals surface area contributed by atoms with Gasteiger partial charge in [-0.3, -0.25) is 4.57 Å². The molecule has 0 heterocycles. The summed E-state index contributed by atoms with van der Waals surface area (Å²) in [5.41, 5.74) is 2.75. The Morgan fingerprint density at radius 3 is 2.11 bits per heavy atom. The number of hydrogen-bond donors (Lipinski definition) is 3. The number of hydrogen-bond acceptors (Lipinski definition) is 2. The molecule has 2 aromatic rings. The molecule has 3 N–H and O–H groups in total. The summed E-state index contributed by atoms with van der Waals surface area (Å²) in [5.74, 6) is 0. The number of nitrogens with one attached hydrogen (secondary N) is 1. The minimum absolute atomic E-state index is 0.216. The van der Waals surface area contributed by atoms with E-state index in [-0.39, 0.29) is 6.16 Å². The van der Waals surface area contributed by atoms with E-state index >= 15 is 0 Å². The minimum atomic E-state index is -3.99. The maximum absolute atomic E-state index is 10.9. The van der Waals surface area contributed by atoms with Crippen molar-refractivity contribution in [3.05, 3.63) is 65.7 Å². The number of rotatable bonds is 5. The fourth-order valence-electron chi connectivity index (χ4n) is 1.77. The van der Waals surface area contributed by atoms with Gasteiger partial charge in [-0.05, 0) is 23.3 Å². The number of benzene rings is 2. The number of anilines is 1. The molecule has 0 saturated carbocycles. The van der Waals surface area contributed by atoms with E-state index in [0.29, 0.717) is 5.56 Å². The van der Waals surface area contributed by atoms with Crippen LogP contribution >= 0.6 is 7.60 Å². The second kappa shape index (κ2) is 6.02. The van der Waals surface area contributed by atoms with Gasteiger partial charge >= 0.3 is 7.60 Å². The van der Waals surface area contributed by atoms with Gasteiger partial charge in [0, 0.05) is 12.2 Å². The Kier molecular flexibility index (Phi) is 4.38. The van der Waals surface area contributed by atoms with E-state index < -0.39 is 7.60 Å². The van der Waals surface area contributed by atoms with Crippen molar-refractivity contribution in [3.63, 3.8) is 0 Å². The van der Waals surface area contributed by atoms with Gasteiger partial charge in [-0.15, -0.1) is 0 Å². The highest BCUT2D eigenvalue weighted by Gasteiger charge is 2.13. The maximum atomic E-state index is 10.9. The summed E-state index contributed by atoms with van der Waals surface area (Å²) in [6.45, 7) is 0.721. The zero-order valence-electron chi connectivity index (χ0n) is 10.4. The third-order valence-corrected chi connectivity index (χ3v) is 3.46. The normalized spacial score (nSPS) is 11.3. The van der Waals surface area contributed by atoms with Gasteiger partial charge in [0.1, 0.15) is 0 Å². The molecule has 4 nitrogen and oxygen atoms in total. The lowest BCUT2D eigenvalue weighted by molar-refractivity contribution is 0.371. The van der Waals surface area contributed by atoms with E-state index in [2.05, 4.69) is 5.32 Å². The van der Waals surface area contributed by atoms with Gasteiger partial charge in [0.05, 0.1) is 6.16 Å². The summed E-state index contributed by atoms with van der Waals surface area (Å²) in [7, 11) is -3.99. The van der Waals surface area contributed by atoms with Crippen LogP contribution in [0.3, 0.4) is 0 Å². The highest BCUT2D eigenvalue weighted by molar-refractivity contribution is 7.50. The topological polar surface area (TPSA) is 69.6 Å². The Labute approximate surface area is 112 Å². The molecule has 5 heteroatoms. The van der Waals surface area contributed by atoms with Gasteiger partial charge in [-0.1, -0.05) is 42.5 Å². The van der Waals surface area contributed by atoms with Crippen LogP contribution in [-0.4, -0.2) is 9.79 Å². The molecule has 0 aliphatic carbocycles. The second-order valence-electron chi connectivity index (χ2n) is 4.36. The van der Waals surface area contributed by atoms with Crippen LogP contribution in [0.25, 0.3) is 0 Å². The molecule has 100 valence electrons. The third-order valence-electron chi connectivity index (χ3n) is 2.68. The second-order valence-corrected chi connectivity index (χ2v) is 6.00. The van der Waals surface area contributed by atoms with E-state index in [9.17, 15) is 4.57 Å². The van der Waals surface area contributed by atoms with Crippen molar-refractivity contribution in [2.45, 2.75) is 12.7 Å². The van der Waals surface area contributed by atoms with Crippen LogP contribution in [0.5, 0.6) is 0 Å². The molecular weight excluding hydrogens is 261 g/mol. The molecule has 0 atom stereocenters. The summed E-state index contributed by atoms with van der Waals surface area (Å²) in [4.78, 5) is 17.8. The van der Waals surface area contributed by atoms with E-state index in [1.807, 2.05) is 42.5 Å². The Hall–Kier alpha value is -1.61. The molecule has 0 bridgehead atoms. The van der Waals surface area contributed by atoms with Gasteiger partial charge < -0.3 is 15.1 Å². The summed E-state index contributed by atoms with van der Waals surface area (Å²) in [6.07, 6.45) is -0.216.